The second-order valence-electron chi connectivity index (χ2n) is 5.15. The Kier molecular flexibility index (Phi) is 4.85. The maximum absolute atomic E-state index is 13.5. The Morgan fingerprint density at radius 1 is 0.952 bits per heavy atom. The highest BCUT2D eigenvalue weighted by molar-refractivity contribution is 5.46. The Morgan fingerprint density at radius 2 is 1.67 bits per heavy atom. The molecule has 0 radical (unpaired) electrons. The average Bonchev–Trinajstić information content (AvgIpc) is 2.41. The Balaban J connectivity index is 2.08. The molecular weight excluding hydrogens is 277 g/mol. The first kappa shape index (κ1) is 15.4. The lowest BCUT2D eigenvalue weighted by Gasteiger charge is -2.12. The van der Waals surface area contributed by atoms with Gasteiger partial charge in [0.15, 0.2) is 11.6 Å². The van der Waals surface area contributed by atoms with Crippen LogP contribution in [0.2, 0.25) is 0 Å². The van der Waals surface area contributed by atoms with Crippen LogP contribution in [-0.4, -0.2) is 19.0 Å². The first-order valence-corrected chi connectivity index (χ1v) is 6.56. The molecule has 5 heteroatoms. The van der Waals surface area contributed by atoms with Crippen LogP contribution in [0.5, 0.6) is 0 Å². The topological polar surface area (TPSA) is 15.3 Å². The fourth-order valence-electron chi connectivity index (χ4n) is 2.04. The number of nitrogens with zero attached hydrogens (tertiary/aromatic N) is 1. The van der Waals surface area contributed by atoms with E-state index in [0.717, 1.165) is 23.9 Å². The third-order valence-electron chi connectivity index (χ3n) is 3.00. The van der Waals surface area contributed by atoms with Gasteiger partial charge < -0.3 is 10.2 Å². The number of rotatable bonds is 5. The summed E-state index contributed by atoms with van der Waals surface area (Å²) in [6, 6.07) is 9.11. The van der Waals surface area contributed by atoms with Crippen LogP contribution < -0.4 is 5.32 Å². The molecule has 0 saturated heterocycles. The lowest BCUT2D eigenvalue weighted by Crippen LogP contribution is -2.11. The molecule has 0 aliphatic carbocycles. The molecule has 0 aliphatic rings. The van der Waals surface area contributed by atoms with E-state index < -0.39 is 17.5 Å². The molecule has 0 atom stereocenters. The van der Waals surface area contributed by atoms with Crippen LogP contribution in [-0.2, 0) is 13.1 Å². The van der Waals surface area contributed by atoms with Crippen molar-refractivity contribution in [3.63, 3.8) is 0 Å². The highest BCUT2D eigenvalue weighted by Crippen LogP contribution is 2.17. The minimum Gasteiger partial charge on any atom is -0.381 e. The first-order chi connectivity index (χ1) is 9.95. The molecular formula is C16H17F3N2. The van der Waals surface area contributed by atoms with E-state index in [1.807, 2.05) is 43.3 Å². The summed E-state index contributed by atoms with van der Waals surface area (Å²) in [6.07, 6.45) is 0. The highest BCUT2D eigenvalue weighted by Gasteiger charge is 2.09. The maximum Gasteiger partial charge on any atom is 0.161 e. The average molecular weight is 294 g/mol. The molecule has 2 nitrogen and oxygen atoms in total. The van der Waals surface area contributed by atoms with Crippen LogP contribution in [0.4, 0.5) is 18.9 Å². The van der Waals surface area contributed by atoms with Crippen LogP contribution in [0.15, 0.2) is 36.4 Å². The van der Waals surface area contributed by atoms with E-state index in [-0.39, 0.29) is 12.1 Å². The molecule has 21 heavy (non-hydrogen) atoms. The monoisotopic (exact) mass is 294 g/mol. The highest BCUT2D eigenvalue weighted by atomic mass is 19.2. The lowest BCUT2D eigenvalue weighted by atomic mass is 10.1. The molecule has 0 unspecified atom stereocenters. The largest absolute Gasteiger partial charge is 0.381 e. The third kappa shape index (κ3) is 4.23. The number of hydrogen-bond acceptors (Lipinski definition) is 2. The number of hydrogen-bond donors (Lipinski definition) is 1. The summed E-state index contributed by atoms with van der Waals surface area (Å²) in [5.41, 5.74) is 2.00. The van der Waals surface area contributed by atoms with Crippen LogP contribution in [0.25, 0.3) is 0 Å². The summed E-state index contributed by atoms with van der Waals surface area (Å²) < 4.78 is 39.5. The van der Waals surface area contributed by atoms with Crippen molar-refractivity contribution in [1.82, 2.24) is 4.90 Å². The van der Waals surface area contributed by atoms with Gasteiger partial charge >= 0.3 is 0 Å². The van der Waals surface area contributed by atoms with Crippen molar-refractivity contribution in [3.8, 4) is 0 Å². The fourth-order valence-corrected chi connectivity index (χ4v) is 2.04. The van der Waals surface area contributed by atoms with E-state index in [1.165, 1.54) is 0 Å². The summed E-state index contributed by atoms with van der Waals surface area (Å²) in [5, 5.41) is 3.01. The van der Waals surface area contributed by atoms with Crippen LogP contribution in [0.3, 0.4) is 0 Å². The third-order valence-corrected chi connectivity index (χ3v) is 3.00. The molecule has 0 amide bonds. The van der Waals surface area contributed by atoms with Gasteiger partial charge in [-0.2, -0.15) is 0 Å². The lowest BCUT2D eigenvalue weighted by molar-refractivity contribution is 0.402. The second-order valence-corrected chi connectivity index (χ2v) is 5.15. The van der Waals surface area contributed by atoms with Crippen LogP contribution >= 0.6 is 0 Å². The summed E-state index contributed by atoms with van der Waals surface area (Å²) in [7, 11) is 3.94. The van der Waals surface area contributed by atoms with Crippen molar-refractivity contribution < 1.29 is 13.2 Å². The number of nitrogens with one attached hydrogen (secondary N) is 1. The SMILES string of the molecule is CN(C)Cc1cccc(NCc2cc(F)c(F)cc2F)c1. The fraction of sp³-hybridized carbons (Fsp3) is 0.250. The van der Waals surface area contributed by atoms with E-state index in [1.54, 1.807) is 0 Å². The van der Waals surface area contributed by atoms with Gasteiger partial charge in [-0.3, -0.25) is 0 Å². The van der Waals surface area contributed by atoms with Crippen molar-refractivity contribution in [2.24, 2.45) is 0 Å². The number of anilines is 1. The Morgan fingerprint density at radius 3 is 2.38 bits per heavy atom. The molecule has 2 aromatic carbocycles. The van der Waals surface area contributed by atoms with E-state index in [0.29, 0.717) is 6.07 Å². The molecule has 0 heterocycles. The molecule has 2 aromatic rings. The van der Waals surface area contributed by atoms with Gasteiger partial charge in [0.2, 0.25) is 0 Å². The summed E-state index contributed by atoms with van der Waals surface area (Å²) in [5.74, 6) is -2.98. The van der Waals surface area contributed by atoms with Crippen LogP contribution in [0.1, 0.15) is 11.1 Å². The molecule has 0 fully saturated rings. The summed E-state index contributed by atoms with van der Waals surface area (Å²) in [4.78, 5) is 2.04. The summed E-state index contributed by atoms with van der Waals surface area (Å²) >= 11 is 0. The van der Waals surface area contributed by atoms with Crippen molar-refractivity contribution in [2.75, 3.05) is 19.4 Å². The quantitative estimate of drug-likeness (QED) is 0.844. The van der Waals surface area contributed by atoms with E-state index >= 15 is 0 Å². The van der Waals surface area contributed by atoms with Crippen molar-refractivity contribution in [3.05, 3.63) is 65.0 Å². The van der Waals surface area contributed by atoms with E-state index in [2.05, 4.69) is 5.32 Å². The molecule has 0 aliphatic heterocycles. The van der Waals surface area contributed by atoms with Crippen LogP contribution in [0, 0.1) is 17.5 Å². The predicted octanol–water partition coefficient (Wildman–Crippen LogP) is 3.78. The predicted molar refractivity (Wildman–Crippen MR) is 77.5 cm³/mol. The number of halogens is 3. The zero-order valence-corrected chi connectivity index (χ0v) is 12.0. The Hall–Kier alpha value is -2.01. The zero-order valence-electron chi connectivity index (χ0n) is 12.0. The molecule has 0 bridgehead atoms. The second kappa shape index (κ2) is 6.63. The van der Waals surface area contributed by atoms with Crippen molar-refractivity contribution >= 4 is 5.69 Å². The van der Waals surface area contributed by atoms with Gasteiger partial charge in [0, 0.05) is 30.4 Å². The smallest absolute Gasteiger partial charge is 0.161 e. The van der Waals surface area contributed by atoms with E-state index in [4.69, 9.17) is 0 Å². The zero-order chi connectivity index (χ0) is 15.4. The number of benzene rings is 2. The van der Waals surface area contributed by atoms with Gasteiger partial charge in [0.05, 0.1) is 0 Å². The Labute approximate surface area is 122 Å². The molecule has 0 saturated carbocycles. The molecule has 2 rings (SSSR count). The van der Waals surface area contributed by atoms with Crippen molar-refractivity contribution in [2.45, 2.75) is 13.1 Å². The van der Waals surface area contributed by atoms with Gasteiger partial charge in [-0.25, -0.2) is 13.2 Å². The van der Waals surface area contributed by atoms with Gasteiger partial charge in [-0.05, 0) is 37.9 Å². The van der Waals surface area contributed by atoms with Crippen molar-refractivity contribution in [1.29, 1.82) is 0 Å². The van der Waals surface area contributed by atoms with Gasteiger partial charge in [0.25, 0.3) is 0 Å². The molecule has 112 valence electrons. The maximum atomic E-state index is 13.5. The first-order valence-electron chi connectivity index (χ1n) is 6.56. The van der Waals surface area contributed by atoms with Gasteiger partial charge in [-0.1, -0.05) is 12.1 Å². The van der Waals surface area contributed by atoms with Gasteiger partial charge in [-0.15, -0.1) is 0 Å². The minimum atomic E-state index is -1.18. The Bertz CT molecular complexity index is 627. The normalized spacial score (nSPS) is 11.0. The molecule has 1 N–H and O–H groups in total. The molecule has 0 aromatic heterocycles. The summed E-state index contributed by atoms with van der Waals surface area (Å²) in [6.45, 7) is 0.878. The van der Waals surface area contributed by atoms with E-state index in [9.17, 15) is 13.2 Å². The van der Waals surface area contributed by atoms with Gasteiger partial charge in [0.1, 0.15) is 5.82 Å². The standard InChI is InChI=1S/C16H17F3N2/c1-21(2)10-11-4-3-5-13(6-11)20-9-12-7-15(18)16(19)8-14(12)17/h3-8,20H,9-10H2,1-2H3. The molecule has 0 spiro atoms. The minimum absolute atomic E-state index is 0.0897.